The van der Waals surface area contributed by atoms with Crippen molar-refractivity contribution in [1.29, 1.82) is 0 Å². The molecule has 18 heavy (non-hydrogen) atoms. The SMILES string of the molecule is CC(C)C(CCO)NC1CCCc2c1cnn2C. The number of aryl methyl sites for hydroxylation is 1. The Morgan fingerprint density at radius 1 is 1.56 bits per heavy atom. The molecule has 1 aromatic heterocycles. The van der Waals surface area contributed by atoms with Crippen LogP contribution in [0.25, 0.3) is 0 Å². The standard InChI is InChI=1S/C14H25N3O/c1-10(2)12(7-8-18)16-13-5-4-6-14-11(13)9-15-17(14)3/h9-10,12-13,16,18H,4-8H2,1-3H3. The van der Waals surface area contributed by atoms with Gasteiger partial charge in [0.1, 0.15) is 0 Å². The third kappa shape index (κ3) is 2.75. The van der Waals surface area contributed by atoms with Gasteiger partial charge in [0.05, 0.1) is 6.20 Å². The lowest BCUT2D eigenvalue weighted by Crippen LogP contribution is -2.38. The Morgan fingerprint density at radius 3 is 3.00 bits per heavy atom. The third-order valence-corrected chi connectivity index (χ3v) is 4.04. The van der Waals surface area contributed by atoms with Crippen molar-refractivity contribution in [3.63, 3.8) is 0 Å². The maximum Gasteiger partial charge on any atom is 0.0540 e. The summed E-state index contributed by atoms with van der Waals surface area (Å²) in [4.78, 5) is 0. The van der Waals surface area contributed by atoms with Gasteiger partial charge in [0.15, 0.2) is 0 Å². The fourth-order valence-electron chi connectivity index (χ4n) is 2.89. The molecule has 4 nitrogen and oxygen atoms in total. The summed E-state index contributed by atoms with van der Waals surface area (Å²) < 4.78 is 2.00. The second kappa shape index (κ2) is 5.85. The van der Waals surface area contributed by atoms with Gasteiger partial charge in [-0.2, -0.15) is 5.10 Å². The van der Waals surface area contributed by atoms with E-state index in [1.807, 2.05) is 17.9 Å². The molecule has 0 aliphatic heterocycles. The Morgan fingerprint density at radius 2 is 2.33 bits per heavy atom. The highest BCUT2D eigenvalue weighted by atomic mass is 16.3. The molecule has 1 aliphatic carbocycles. The summed E-state index contributed by atoms with van der Waals surface area (Å²) >= 11 is 0. The highest BCUT2D eigenvalue weighted by molar-refractivity contribution is 5.24. The zero-order valence-electron chi connectivity index (χ0n) is 11.7. The summed E-state index contributed by atoms with van der Waals surface area (Å²) in [7, 11) is 2.02. The molecule has 0 aromatic carbocycles. The third-order valence-electron chi connectivity index (χ3n) is 4.04. The van der Waals surface area contributed by atoms with Crippen LogP contribution in [-0.4, -0.2) is 27.5 Å². The molecule has 0 saturated carbocycles. The van der Waals surface area contributed by atoms with Crippen LogP contribution >= 0.6 is 0 Å². The van der Waals surface area contributed by atoms with Gasteiger partial charge in [0.2, 0.25) is 0 Å². The van der Waals surface area contributed by atoms with Crippen LogP contribution in [0.2, 0.25) is 0 Å². The van der Waals surface area contributed by atoms with E-state index in [9.17, 15) is 0 Å². The second-order valence-corrected chi connectivity index (χ2v) is 5.64. The largest absolute Gasteiger partial charge is 0.396 e. The first kappa shape index (κ1) is 13.6. The molecule has 0 saturated heterocycles. The van der Waals surface area contributed by atoms with E-state index in [1.165, 1.54) is 24.1 Å². The van der Waals surface area contributed by atoms with E-state index in [2.05, 4.69) is 24.3 Å². The molecular weight excluding hydrogens is 226 g/mol. The Hall–Kier alpha value is -0.870. The van der Waals surface area contributed by atoms with Crippen LogP contribution in [0.1, 0.15) is 50.4 Å². The number of rotatable bonds is 5. The second-order valence-electron chi connectivity index (χ2n) is 5.64. The van der Waals surface area contributed by atoms with Crippen molar-refractivity contribution in [2.24, 2.45) is 13.0 Å². The number of nitrogens with one attached hydrogen (secondary N) is 1. The number of nitrogens with zero attached hydrogens (tertiary/aromatic N) is 2. The maximum atomic E-state index is 9.16. The molecule has 4 heteroatoms. The van der Waals surface area contributed by atoms with Crippen molar-refractivity contribution < 1.29 is 5.11 Å². The normalized spacial score (nSPS) is 21.1. The number of aromatic nitrogens is 2. The average Bonchev–Trinajstić information content (AvgIpc) is 2.72. The molecule has 2 rings (SSSR count). The molecule has 0 radical (unpaired) electrons. The van der Waals surface area contributed by atoms with Crippen molar-refractivity contribution in [3.05, 3.63) is 17.5 Å². The number of aliphatic hydroxyl groups excluding tert-OH is 1. The van der Waals surface area contributed by atoms with Crippen LogP contribution < -0.4 is 5.32 Å². The first-order valence-electron chi connectivity index (χ1n) is 7.01. The molecule has 0 amide bonds. The Kier molecular flexibility index (Phi) is 4.40. The number of hydrogen-bond acceptors (Lipinski definition) is 3. The minimum Gasteiger partial charge on any atom is -0.396 e. The highest BCUT2D eigenvalue weighted by Gasteiger charge is 2.26. The van der Waals surface area contributed by atoms with Crippen LogP contribution in [0.5, 0.6) is 0 Å². The first-order chi connectivity index (χ1) is 8.63. The Balaban J connectivity index is 2.10. The summed E-state index contributed by atoms with van der Waals surface area (Å²) in [5.41, 5.74) is 2.72. The molecule has 102 valence electrons. The van der Waals surface area contributed by atoms with E-state index in [1.54, 1.807) is 0 Å². The smallest absolute Gasteiger partial charge is 0.0540 e. The summed E-state index contributed by atoms with van der Waals surface area (Å²) in [5, 5.41) is 17.2. The van der Waals surface area contributed by atoms with Gasteiger partial charge in [-0.25, -0.2) is 0 Å². The van der Waals surface area contributed by atoms with E-state index in [0.717, 1.165) is 12.8 Å². The molecule has 0 bridgehead atoms. The molecule has 2 N–H and O–H groups in total. The highest BCUT2D eigenvalue weighted by Crippen LogP contribution is 2.30. The van der Waals surface area contributed by atoms with Gasteiger partial charge in [0.25, 0.3) is 0 Å². The summed E-state index contributed by atoms with van der Waals surface area (Å²) in [5.74, 6) is 0.541. The fourth-order valence-corrected chi connectivity index (χ4v) is 2.89. The van der Waals surface area contributed by atoms with Gasteiger partial charge < -0.3 is 10.4 Å². The monoisotopic (exact) mass is 251 g/mol. The Bertz CT molecular complexity index is 386. The van der Waals surface area contributed by atoms with Crippen molar-refractivity contribution in [2.45, 2.75) is 51.6 Å². The van der Waals surface area contributed by atoms with Crippen LogP contribution in [0, 0.1) is 5.92 Å². The predicted octanol–water partition coefficient (Wildman–Crippen LogP) is 1.79. The van der Waals surface area contributed by atoms with E-state index in [4.69, 9.17) is 5.11 Å². The van der Waals surface area contributed by atoms with E-state index < -0.39 is 0 Å². The van der Waals surface area contributed by atoms with Crippen molar-refractivity contribution in [1.82, 2.24) is 15.1 Å². The van der Waals surface area contributed by atoms with Crippen LogP contribution in [-0.2, 0) is 13.5 Å². The lowest BCUT2D eigenvalue weighted by Gasteiger charge is -2.30. The molecule has 2 atom stereocenters. The zero-order valence-corrected chi connectivity index (χ0v) is 11.7. The molecule has 2 unspecified atom stereocenters. The average molecular weight is 251 g/mol. The molecule has 0 spiro atoms. The first-order valence-corrected chi connectivity index (χ1v) is 7.01. The summed E-state index contributed by atoms with van der Waals surface area (Å²) in [6.45, 7) is 4.67. The molecule has 1 aliphatic rings. The van der Waals surface area contributed by atoms with Crippen LogP contribution in [0.3, 0.4) is 0 Å². The minimum atomic E-state index is 0.252. The maximum absolute atomic E-state index is 9.16. The van der Waals surface area contributed by atoms with Crippen molar-refractivity contribution in [2.75, 3.05) is 6.61 Å². The van der Waals surface area contributed by atoms with E-state index in [0.29, 0.717) is 18.0 Å². The number of fused-ring (bicyclic) bond motifs is 1. The van der Waals surface area contributed by atoms with Gasteiger partial charge in [-0.3, -0.25) is 4.68 Å². The van der Waals surface area contributed by atoms with Gasteiger partial charge in [-0.05, 0) is 31.6 Å². The lowest BCUT2D eigenvalue weighted by atomic mass is 9.90. The number of aliphatic hydroxyl groups is 1. The van der Waals surface area contributed by atoms with E-state index in [-0.39, 0.29) is 6.61 Å². The topological polar surface area (TPSA) is 50.1 Å². The van der Waals surface area contributed by atoms with Crippen molar-refractivity contribution >= 4 is 0 Å². The van der Waals surface area contributed by atoms with Gasteiger partial charge in [-0.15, -0.1) is 0 Å². The zero-order chi connectivity index (χ0) is 13.1. The van der Waals surface area contributed by atoms with E-state index >= 15 is 0 Å². The molecular formula is C14H25N3O. The lowest BCUT2D eigenvalue weighted by molar-refractivity contribution is 0.230. The fraction of sp³-hybridized carbons (Fsp3) is 0.786. The predicted molar refractivity (Wildman–Crippen MR) is 72.4 cm³/mol. The quantitative estimate of drug-likeness (QED) is 0.839. The van der Waals surface area contributed by atoms with Crippen molar-refractivity contribution in [3.8, 4) is 0 Å². The Labute approximate surface area is 109 Å². The molecule has 1 heterocycles. The van der Waals surface area contributed by atoms with Gasteiger partial charge in [0, 0.05) is 37.0 Å². The van der Waals surface area contributed by atoms with Gasteiger partial charge in [-0.1, -0.05) is 13.8 Å². The summed E-state index contributed by atoms with van der Waals surface area (Å²) in [6.07, 6.45) is 6.35. The minimum absolute atomic E-state index is 0.252. The number of hydrogen-bond donors (Lipinski definition) is 2. The van der Waals surface area contributed by atoms with Gasteiger partial charge >= 0.3 is 0 Å². The molecule has 1 aromatic rings. The van der Waals surface area contributed by atoms with Crippen LogP contribution in [0.4, 0.5) is 0 Å². The van der Waals surface area contributed by atoms with Crippen LogP contribution in [0.15, 0.2) is 6.20 Å². The summed E-state index contributed by atoms with van der Waals surface area (Å²) in [6, 6.07) is 0.785. The molecule has 0 fully saturated rings.